The number of amides is 1. The van der Waals surface area contributed by atoms with Gasteiger partial charge < -0.3 is 14.7 Å². The summed E-state index contributed by atoms with van der Waals surface area (Å²) in [7, 11) is 1.68. The van der Waals surface area contributed by atoms with Gasteiger partial charge in [-0.15, -0.1) is 0 Å². The second-order valence-electron chi connectivity index (χ2n) is 7.00. The normalized spacial score (nSPS) is 21.4. The summed E-state index contributed by atoms with van der Waals surface area (Å²) in [4.78, 5) is 15.3. The molecule has 23 heavy (non-hydrogen) atoms. The van der Waals surface area contributed by atoms with Gasteiger partial charge in [0.2, 0.25) is 5.91 Å². The highest BCUT2D eigenvalue weighted by Gasteiger charge is 2.45. The molecule has 1 aromatic carbocycles. The molecule has 0 atom stereocenters. The lowest BCUT2D eigenvalue weighted by Crippen LogP contribution is -2.49. The van der Waals surface area contributed by atoms with E-state index in [4.69, 9.17) is 4.74 Å². The number of hydrogen-bond donors (Lipinski definition) is 1. The van der Waals surface area contributed by atoms with Crippen LogP contribution in [0.25, 0.3) is 0 Å². The third-order valence-corrected chi connectivity index (χ3v) is 5.58. The predicted molar refractivity (Wildman–Crippen MR) is 89.7 cm³/mol. The molecule has 4 heteroatoms. The zero-order valence-electron chi connectivity index (χ0n) is 14.2. The van der Waals surface area contributed by atoms with Crippen LogP contribution in [0.15, 0.2) is 18.2 Å². The Labute approximate surface area is 138 Å². The first-order chi connectivity index (χ1) is 11.1. The van der Waals surface area contributed by atoms with Gasteiger partial charge in [0.25, 0.3) is 0 Å². The molecule has 126 valence electrons. The summed E-state index contributed by atoms with van der Waals surface area (Å²) >= 11 is 0. The molecule has 2 aliphatic rings. The highest BCUT2D eigenvalue weighted by atomic mass is 16.5. The maximum Gasteiger partial charge on any atom is 0.233 e. The van der Waals surface area contributed by atoms with E-state index in [1.54, 1.807) is 7.11 Å². The highest BCUT2D eigenvalue weighted by Crippen LogP contribution is 2.44. The van der Waals surface area contributed by atoms with Crippen molar-refractivity contribution in [2.45, 2.75) is 57.0 Å². The Bertz CT molecular complexity index is 570. The maximum atomic E-state index is 13.3. The minimum absolute atomic E-state index is 0.243. The fraction of sp³-hybridized carbons (Fsp3) is 0.632. The fourth-order valence-corrected chi connectivity index (χ4v) is 4.09. The lowest BCUT2D eigenvalue weighted by atomic mass is 9.76. The molecule has 0 unspecified atom stereocenters. The maximum absolute atomic E-state index is 13.3. The van der Waals surface area contributed by atoms with Crippen LogP contribution >= 0.6 is 0 Å². The number of hydrogen-bond acceptors (Lipinski definition) is 3. The van der Waals surface area contributed by atoms with Crippen LogP contribution in [-0.4, -0.2) is 42.2 Å². The highest BCUT2D eigenvalue weighted by molar-refractivity contribution is 5.89. The van der Waals surface area contributed by atoms with Crippen LogP contribution in [0.5, 0.6) is 5.75 Å². The molecule has 1 aliphatic heterocycles. The van der Waals surface area contributed by atoms with Crippen molar-refractivity contribution in [3.8, 4) is 5.75 Å². The van der Waals surface area contributed by atoms with Crippen LogP contribution in [0.1, 0.15) is 49.7 Å². The van der Waals surface area contributed by atoms with E-state index >= 15 is 0 Å². The van der Waals surface area contributed by atoms with Gasteiger partial charge in [0, 0.05) is 13.1 Å². The van der Waals surface area contributed by atoms with Gasteiger partial charge in [0.15, 0.2) is 0 Å². The van der Waals surface area contributed by atoms with Gasteiger partial charge in [-0.25, -0.2) is 0 Å². The van der Waals surface area contributed by atoms with E-state index in [9.17, 15) is 9.90 Å². The number of ether oxygens (including phenoxy) is 1. The van der Waals surface area contributed by atoms with Crippen molar-refractivity contribution in [1.82, 2.24) is 4.90 Å². The number of aryl methyl sites for hydroxylation is 1. The zero-order chi connectivity index (χ0) is 16.4. The average molecular weight is 317 g/mol. The van der Waals surface area contributed by atoms with Crippen molar-refractivity contribution in [2.24, 2.45) is 0 Å². The summed E-state index contributed by atoms with van der Waals surface area (Å²) < 4.78 is 5.47. The number of methoxy groups -OCH3 is 1. The van der Waals surface area contributed by atoms with Crippen molar-refractivity contribution < 1.29 is 14.6 Å². The third kappa shape index (κ3) is 2.97. The molecule has 1 saturated carbocycles. The van der Waals surface area contributed by atoms with Crippen molar-refractivity contribution in [3.63, 3.8) is 0 Å². The summed E-state index contributed by atoms with van der Waals surface area (Å²) in [6.07, 6.45) is 5.15. The smallest absolute Gasteiger partial charge is 0.233 e. The molecule has 1 heterocycles. The van der Waals surface area contributed by atoms with Crippen LogP contribution in [0, 0.1) is 6.92 Å². The summed E-state index contributed by atoms with van der Waals surface area (Å²) in [5.41, 5.74) is 1.79. The molecule has 2 fully saturated rings. The number of aliphatic hydroxyl groups is 1. The summed E-state index contributed by atoms with van der Waals surface area (Å²) in [6.45, 7) is 3.37. The minimum Gasteiger partial charge on any atom is -0.496 e. The predicted octanol–water partition coefficient (Wildman–Crippen LogP) is 2.80. The molecule has 3 rings (SSSR count). The zero-order valence-corrected chi connectivity index (χ0v) is 14.2. The summed E-state index contributed by atoms with van der Waals surface area (Å²) in [5, 5.41) is 9.70. The number of rotatable bonds is 3. The number of likely N-dealkylation sites (tertiary alicyclic amines) is 1. The molecule has 0 spiro atoms. The molecule has 1 aromatic rings. The Hall–Kier alpha value is -1.55. The molecule has 0 bridgehead atoms. The largest absolute Gasteiger partial charge is 0.496 e. The van der Waals surface area contributed by atoms with Crippen molar-refractivity contribution in [1.29, 1.82) is 0 Å². The Morgan fingerprint density at radius 1 is 1.26 bits per heavy atom. The fourth-order valence-electron chi connectivity index (χ4n) is 4.09. The van der Waals surface area contributed by atoms with Crippen molar-refractivity contribution in [2.75, 3.05) is 20.2 Å². The molecular formula is C19H27NO3. The van der Waals surface area contributed by atoms with E-state index in [1.165, 1.54) is 0 Å². The number of piperidine rings is 1. The molecule has 0 radical (unpaired) electrons. The van der Waals surface area contributed by atoms with Crippen LogP contribution in [0.3, 0.4) is 0 Å². The van der Waals surface area contributed by atoms with Crippen LogP contribution < -0.4 is 4.74 Å². The topological polar surface area (TPSA) is 49.8 Å². The molecule has 4 nitrogen and oxygen atoms in total. The number of nitrogens with zero attached hydrogens (tertiary/aromatic N) is 1. The molecule has 0 aromatic heterocycles. The monoisotopic (exact) mass is 317 g/mol. The Kier molecular flexibility index (Phi) is 4.62. The molecule has 1 aliphatic carbocycles. The average Bonchev–Trinajstić information content (AvgIpc) is 3.06. The first-order valence-electron chi connectivity index (χ1n) is 8.69. The number of carbonyl (C=O) groups excluding carboxylic acids is 1. The molecule has 1 amide bonds. The number of benzene rings is 1. The second-order valence-corrected chi connectivity index (χ2v) is 7.00. The minimum atomic E-state index is -0.400. The van der Waals surface area contributed by atoms with Gasteiger partial charge >= 0.3 is 0 Å². The van der Waals surface area contributed by atoms with E-state index in [2.05, 4.69) is 18.2 Å². The van der Waals surface area contributed by atoms with Crippen LogP contribution in [-0.2, 0) is 10.2 Å². The summed E-state index contributed by atoms with van der Waals surface area (Å²) in [5.74, 6) is 1.10. The van der Waals surface area contributed by atoms with Crippen molar-refractivity contribution >= 4 is 5.91 Å². The van der Waals surface area contributed by atoms with Gasteiger partial charge in [-0.05, 0) is 49.8 Å². The van der Waals surface area contributed by atoms with Crippen LogP contribution in [0.4, 0.5) is 0 Å². The Morgan fingerprint density at radius 2 is 1.91 bits per heavy atom. The third-order valence-electron chi connectivity index (χ3n) is 5.58. The quantitative estimate of drug-likeness (QED) is 0.932. The Morgan fingerprint density at radius 3 is 2.52 bits per heavy atom. The lowest BCUT2D eigenvalue weighted by Gasteiger charge is -2.38. The first kappa shape index (κ1) is 16.3. The number of aliphatic hydroxyl groups excluding tert-OH is 1. The first-order valence-corrected chi connectivity index (χ1v) is 8.69. The van der Waals surface area contributed by atoms with E-state index in [0.717, 1.165) is 42.6 Å². The van der Waals surface area contributed by atoms with E-state index < -0.39 is 5.41 Å². The molecule has 1 N–H and O–H groups in total. The molecular weight excluding hydrogens is 290 g/mol. The van der Waals surface area contributed by atoms with E-state index in [-0.39, 0.29) is 12.0 Å². The van der Waals surface area contributed by atoms with E-state index in [1.807, 2.05) is 11.8 Å². The summed E-state index contributed by atoms with van der Waals surface area (Å²) in [6, 6.07) is 6.21. The van der Waals surface area contributed by atoms with Gasteiger partial charge in [-0.2, -0.15) is 0 Å². The standard InChI is InChI=1S/C19H27NO3/c1-14-5-6-15(13-17(14)23-2)19(9-3-4-10-19)18(22)20-11-7-16(21)8-12-20/h5-6,13,16,21H,3-4,7-12H2,1-2H3. The lowest BCUT2D eigenvalue weighted by molar-refractivity contribution is -0.139. The van der Waals surface area contributed by atoms with Gasteiger partial charge in [0.05, 0.1) is 18.6 Å². The van der Waals surface area contributed by atoms with E-state index in [0.29, 0.717) is 25.9 Å². The second kappa shape index (κ2) is 6.52. The Balaban J connectivity index is 1.92. The van der Waals surface area contributed by atoms with Crippen molar-refractivity contribution in [3.05, 3.63) is 29.3 Å². The number of carbonyl (C=O) groups is 1. The van der Waals surface area contributed by atoms with Gasteiger partial charge in [0.1, 0.15) is 5.75 Å². The van der Waals surface area contributed by atoms with Crippen LogP contribution in [0.2, 0.25) is 0 Å². The SMILES string of the molecule is COc1cc(C2(C(=O)N3CCC(O)CC3)CCCC2)ccc1C. The van der Waals surface area contributed by atoms with Gasteiger partial charge in [-0.1, -0.05) is 25.0 Å². The molecule has 1 saturated heterocycles. The van der Waals surface area contributed by atoms with Gasteiger partial charge in [-0.3, -0.25) is 4.79 Å².